The van der Waals surface area contributed by atoms with E-state index in [-0.39, 0.29) is 5.82 Å². The fraction of sp³-hybridized carbons (Fsp3) is 0.0714. The van der Waals surface area contributed by atoms with Crippen molar-refractivity contribution in [1.29, 1.82) is 5.26 Å². The smallest absolute Gasteiger partial charge is 0.137 e. The lowest BCUT2D eigenvalue weighted by molar-refractivity contribution is 0.619. The zero-order valence-electron chi connectivity index (χ0n) is 9.75. The van der Waals surface area contributed by atoms with Gasteiger partial charge in [-0.05, 0) is 51.8 Å². The summed E-state index contributed by atoms with van der Waals surface area (Å²) in [5.41, 5.74) is 2.09. The molecule has 2 aromatic rings. The van der Waals surface area contributed by atoms with Gasteiger partial charge in [-0.3, -0.25) is 0 Å². The highest BCUT2D eigenvalue weighted by molar-refractivity contribution is 9.10. The van der Waals surface area contributed by atoms with E-state index >= 15 is 0 Å². The van der Waals surface area contributed by atoms with Gasteiger partial charge in [-0.25, -0.2) is 4.39 Å². The normalized spacial score (nSPS) is 10.0. The Hall–Kier alpha value is -1.38. The monoisotopic (exact) mass is 382 g/mol. The second kappa shape index (κ2) is 6.18. The molecule has 5 heteroatoms. The van der Waals surface area contributed by atoms with Gasteiger partial charge >= 0.3 is 0 Å². The summed E-state index contributed by atoms with van der Waals surface area (Å²) >= 11 is 6.43. The lowest BCUT2D eigenvalue weighted by Crippen LogP contribution is -2.01. The molecular weight excluding hydrogens is 375 g/mol. The maximum absolute atomic E-state index is 13.4. The minimum Gasteiger partial charge on any atom is -0.380 e. The van der Waals surface area contributed by atoms with E-state index in [2.05, 4.69) is 43.2 Å². The average molecular weight is 384 g/mol. The minimum atomic E-state index is -0.296. The zero-order valence-corrected chi connectivity index (χ0v) is 12.9. The van der Waals surface area contributed by atoms with Gasteiger partial charge in [0.1, 0.15) is 11.9 Å². The predicted molar refractivity (Wildman–Crippen MR) is 80.3 cm³/mol. The largest absolute Gasteiger partial charge is 0.380 e. The van der Waals surface area contributed by atoms with Crippen molar-refractivity contribution in [2.75, 3.05) is 5.32 Å². The lowest BCUT2D eigenvalue weighted by atomic mass is 10.1. The fourth-order valence-corrected chi connectivity index (χ4v) is 2.22. The summed E-state index contributed by atoms with van der Waals surface area (Å²) in [5.74, 6) is -0.296. The molecule has 0 aromatic heterocycles. The molecule has 0 aliphatic carbocycles. The number of hydrogen-bond donors (Lipinski definition) is 1. The topological polar surface area (TPSA) is 35.8 Å². The Morgan fingerprint density at radius 1 is 1.16 bits per heavy atom. The van der Waals surface area contributed by atoms with Crippen LogP contribution in [0.1, 0.15) is 11.1 Å². The molecule has 2 aromatic carbocycles. The predicted octanol–water partition coefficient (Wildman–Crippen LogP) is 4.83. The van der Waals surface area contributed by atoms with Gasteiger partial charge in [0.05, 0.1) is 15.7 Å². The number of rotatable bonds is 3. The van der Waals surface area contributed by atoms with Crippen molar-refractivity contribution in [2.24, 2.45) is 0 Å². The van der Waals surface area contributed by atoms with Crippen LogP contribution < -0.4 is 5.32 Å². The van der Waals surface area contributed by atoms with E-state index in [1.807, 2.05) is 18.2 Å². The van der Waals surface area contributed by atoms with E-state index in [1.54, 1.807) is 12.1 Å². The Bertz CT molecular complexity index is 650. The Labute approximate surface area is 127 Å². The van der Waals surface area contributed by atoms with Gasteiger partial charge in [-0.2, -0.15) is 5.26 Å². The van der Waals surface area contributed by atoms with E-state index in [0.717, 1.165) is 15.7 Å². The highest BCUT2D eigenvalue weighted by atomic mass is 79.9. The molecule has 0 amide bonds. The summed E-state index contributed by atoms with van der Waals surface area (Å²) < 4.78 is 14.7. The Kier molecular flexibility index (Phi) is 4.56. The molecule has 0 unspecified atom stereocenters. The molecule has 0 atom stereocenters. The molecule has 0 saturated carbocycles. The van der Waals surface area contributed by atoms with Crippen LogP contribution in [0.25, 0.3) is 0 Å². The minimum absolute atomic E-state index is 0.296. The molecule has 0 aliphatic heterocycles. The van der Waals surface area contributed by atoms with Crippen molar-refractivity contribution in [3.63, 3.8) is 0 Å². The molecule has 0 fully saturated rings. The van der Waals surface area contributed by atoms with Crippen LogP contribution in [0.4, 0.5) is 10.1 Å². The number of anilines is 1. The van der Waals surface area contributed by atoms with Crippen LogP contribution in [0.5, 0.6) is 0 Å². The third kappa shape index (κ3) is 3.55. The number of nitrogens with one attached hydrogen (secondary N) is 1. The van der Waals surface area contributed by atoms with Gasteiger partial charge in [0.2, 0.25) is 0 Å². The van der Waals surface area contributed by atoms with Gasteiger partial charge in [0, 0.05) is 11.0 Å². The standard InChI is InChI=1S/C14H9Br2FN2/c15-11-2-4-14(10(6-11)7-18)19-8-9-1-3-12(16)13(17)5-9/h1-6,19H,8H2. The fourth-order valence-electron chi connectivity index (χ4n) is 1.61. The average Bonchev–Trinajstić information content (AvgIpc) is 2.41. The number of halogens is 3. The molecule has 19 heavy (non-hydrogen) atoms. The van der Waals surface area contributed by atoms with Crippen LogP contribution in [0.2, 0.25) is 0 Å². The first-order chi connectivity index (χ1) is 9.10. The summed E-state index contributed by atoms with van der Waals surface area (Å²) in [4.78, 5) is 0. The van der Waals surface area contributed by atoms with Gasteiger partial charge in [0.25, 0.3) is 0 Å². The van der Waals surface area contributed by atoms with E-state index in [4.69, 9.17) is 5.26 Å². The summed E-state index contributed by atoms with van der Waals surface area (Å²) in [6.07, 6.45) is 0. The van der Waals surface area contributed by atoms with Crippen molar-refractivity contribution in [2.45, 2.75) is 6.54 Å². The van der Waals surface area contributed by atoms with Crippen molar-refractivity contribution < 1.29 is 4.39 Å². The highest BCUT2D eigenvalue weighted by Gasteiger charge is 2.04. The first kappa shape index (κ1) is 14.0. The molecule has 0 heterocycles. The van der Waals surface area contributed by atoms with Crippen LogP contribution >= 0.6 is 31.9 Å². The highest BCUT2D eigenvalue weighted by Crippen LogP contribution is 2.22. The van der Waals surface area contributed by atoms with Gasteiger partial charge in [-0.1, -0.05) is 22.0 Å². The Morgan fingerprint density at radius 2 is 1.95 bits per heavy atom. The van der Waals surface area contributed by atoms with E-state index < -0.39 is 0 Å². The third-order valence-corrected chi connectivity index (χ3v) is 3.71. The lowest BCUT2D eigenvalue weighted by Gasteiger charge is -2.09. The molecule has 0 aliphatic rings. The van der Waals surface area contributed by atoms with Gasteiger partial charge < -0.3 is 5.32 Å². The van der Waals surface area contributed by atoms with Crippen LogP contribution in [-0.2, 0) is 6.54 Å². The molecule has 2 nitrogen and oxygen atoms in total. The molecule has 0 spiro atoms. The third-order valence-electron chi connectivity index (χ3n) is 2.57. The van der Waals surface area contributed by atoms with Crippen molar-refractivity contribution in [3.8, 4) is 6.07 Å². The first-order valence-electron chi connectivity index (χ1n) is 5.47. The Balaban J connectivity index is 2.14. The van der Waals surface area contributed by atoms with E-state index in [1.165, 1.54) is 6.07 Å². The molecule has 0 bridgehead atoms. The SMILES string of the molecule is N#Cc1cc(Br)ccc1NCc1ccc(Br)c(F)c1. The van der Waals surface area contributed by atoms with Crippen molar-refractivity contribution >= 4 is 37.5 Å². The van der Waals surface area contributed by atoms with Crippen LogP contribution in [0.3, 0.4) is 0 Å². The van der Waals surface area contributed by atoms with Gasteiger partial charge in [0.15, 0.2) is 0 Å². The van der Waals surface area contributed by atoms with Crippen molar-refractivity contribution in [1.82, 2.24) is 0 Å². The zero-order chi connectivity index (χ0) is 13.8. The molecule has 1 N–H and O–H groups in total. The van der Waals surface area contributed by atoms with Crippen LogP contribution in [0.15, 0.2) is 45.3 Å². The summed E-state index contributed by atoms with van der Waals surface area (Å²) in [6, 6.07) is 12.5. The molecule has 0 saturated heterocycles. The van der Waals surface area contributed by atoms with Crippen LogP contribution in [-0.4, -0.2) is 0 Å². The van der Waals surface area contributed by atoms with E-state index in [9.17, 15) is 4.39 Å². The number of benzene rings is 2. The number of hydrogen-bond acceptors (Lipinski definition) is 2. The quantitative estimate of drug-likeness (QED) is 0.823. The molecule has 96 valence electrons. The summed E-state index contributed by atoms with van der Waals surface area (Å²) in [7, 11) is 0. The summed E-state index contributed by atoms with van der Waals surface area (Å²) in [5, 5.41) is 12.2. The van der Waals surface area contributed by atoms with Crippen molar-refractivity contribution in [3.05, 3.63) is 62.3 Å². The van der Waals surface area contributed by atoms with E-state index in [0.29, 0.717) is 16.6 Å². The first-order valence-corrected chi connectivity index (χ1v) is 7.06. The second-order valence-corrected chi connectivity index (χ2v) is 5.67. The number of nitrogens with zero attached hydrogens (tertiary/aromatic N) is 1. The number of nitriles is 1. The maximum Gasteiger partial charge on any atom is 0.137 e. The Morgan fingerprint density at radius 3 is 2.63 bits per heavy atom. The van der Waals surface area contributed by atoms with Crippen LogP contribution in [0, 0.1) is 17.1 Å². The second-order valence-electron chi connectivity index (χ2n) is 3.90. The maximum atomic E-state index is 13.4. The molecule has 0 radical (unpaired) electrons. The molecular formula is C14H9Br2FN2. The summed E-state index contributed by atoms with van der Waals surface area (Å²) in [6.45, 7) is 0.459. The molecule has 2 rings (SSSR count). The van der Waals surface area contributed by atoms with Gasteiger partial charge in [-0.15, -0.1) is 0 Å².